The lowest BCUT2D eigenvalue weighted by Gasteiger charge is -2.20. The molecule has 0 bridgehead atoms. The second kappa shape index (κ2) is 12.2. The van der Waals surface area contributed by atoms with E-state index in [1.165, 1.54) is 6.92 Å². The molecular weight excluding hydrogens is 396 g/mol. The molecule has 0 spiro atoms. The first kappa shape index (κ1) is 24.6. The van der Waals surface area contributed by atoms with Crippen LogP contribution in [0.4, 0.5) is 0 Å². The van der Waals surface area contributed by atoms with Crippen molar-refractivity contribution in [2.24, 2.45) is 5.73 Å². The number of carboxylic acid groups (broad SMARTS) is 2. The number of carbonyl (C=O) groups excluding carboxylic acids is 3. The predicted octanol–water partition coefficient (Wildman–Crippen LogP) is -1.39. The minimum absolute atomic E-state index is 0.0884. The molecule has 0 aromatic heterocycles. The molecule has 0 heterocycles. The van der Waals surface area contributed by atoms with Gasteiger partial charge in [0.2, 0.25) is 17.7 Å². The van der Waals surface area contributed by atoms with Gasteiger partial charge >= 0.3 is 11.9 Å². The Balaban J connectivity index is 2.69. The summed E-state index contributed by atoms with van der Waals surface area (Å²) in [6.45, 7) is 0.813. The lowest BCUT2D eigenvalue weighted by atomic mass is 10.0. The molecule has 0 fully saturated rings. The van der Waals surface area contributed by atoms with Gasteiger partial charge in [0, 0.05) is 12.8 Å². The number of hydrogen-bond donors (Lipinski definition) is 6. The third kappa shape index (κ3) is 9.15. The Bertz CT molecular complexity index is 769. The highest BCUT2D eigenvalue weighted by molar-refractivity contribution is 5.92. The van der Waals surface area contributed by atoms with E-state index < -0.39 is 54.3 Å². The summed E-state index contributed by atoms with van der Waals surface area (Å²) in [5.74, 6) is -4.40. The Morgan fingerprint density at radius 1 is 1.00 bits per heavy atom. The van der Waals surface area contributed by atoms with Crippen molar-refractivity contribution in [2.45, 2.75) is 44.3 Å². The fourth-order valence-electron chi connectivity index (χ4n) is 2.39. The fraction of sp³-hybridized carbons (Fsp3) is 0.421. The van der Waals surface area contributed by atoms with E-state index in [9.17, 15) is 24.0 Å². The zero-order valence-corrected chi connectivity index (χ0v) is 16.5. The van der Waals surface area contributed by atoms with E-state index in [4.69, 9.17) is 15.9 Å². The van der Waals surface area contributed by atoms with Crippen LogP contribution >= 0.6 is 0 Å². The van der Waals surface area contributed by atoms with Crippen LogP contribution < -0.4 is 21.7 Å². The number of carboxylic acids is 2. The van der Waals surface area contributed by atoms with Gasteiger partial charge in [0.15, 0.2) is 0 Å². The highest BCUT2D eigenvalue weighted by Crippen LogP contribution is 2.04. The second-order valence-electron chi connectivity index (χ2n) is 6.64. The molecule has 11 nitrogen and oxygen atoms in total. The number of carbonyl (C=O) groups is 5. The van der Waals surface area contributed by atoms with Gasteiger partial charge in [0.1, 0.15) is 12.1 Å². The summed E-state index contributed by atoms with van der Waals surface area (Å²) in [7, 11) is 0. The lowest BCUT2D eigenvalue weighted by Crippen LogP contribution is -2.54. The molecule has 0 aliphatic carbocycles. The highest BCUT2D eigenvalue weighted by Gasteiger charge is 2.25. The Labute approximate surface area is 173 Å². The smallest absolute Gasteiger partial charge is 0.325 e. The monoisotopic (exact) mass is 422 g/mol. The minimum Gasteiger partial charge on any atom is -0.481 e. The number of hydrogen-bond acceptors (Lipinski definition) is 6. The molecular formula is C19H26N4O7. The number of nitrogens with one attached hydrogen (secondary N) is 3. The number of amides is 3. The Morgan fingerprint density at radius 3 is 2.20 bits per heavy atom. The molecule has 0 saturated heterocycles. The van der Waals surface area contributed by atoms with Crippen LogP contribution in [0.5, 0.6) is 0 Å². The van der Waals surface area contributed by atoms with E-state index in [0.29, 0.717) is 0 Å². The summed E-state index contributed by atoms with van der Waals surface area (Å²) >= 11 is 0. The molecule has 7 N–H and O–H groups in total. The first-order chi connectivity index (χ1) is 14.1. The molecule has 1 aromatic carbocycles. The average Bonchev–Trinajstić information content (AvgIpc) is 2.70. The number of nitrogens with two attached hydrogens (primary N) is 1. The summed E-state index contributed by atoms with van der Waals surface area (Å²) in [5.41, 5.74) is 6.30. The van der Waals surface area contributed by atoms with E-state index in [1.54, 1.807) is 30.3 Å². The predicted molar refractivity (Wildman–Crippen MR) is 105 cm³/mol. The first-order valence-corrected chi connectivity index (χ1v) is 9.21. The zero-order chi connectivity index (χ0) is 22.7. The van der Waals surface area contributed by atoms with Crippen molar-refractivity contribution >= 4 is 29.7 Å². The van der Waals surface area contributed by atoms with Crippen LogP contribution in [-0.4, -0.2) is 64.5 Å². The Kier molecular flexibility index (Phi) is 9.97. The maximum absolute atomic E-state index is 12.4. The summed E-state index contributed by atoms with van der Waals surface area (Å²) in [5, 5.41) is 24.6. The van der Waals surface area contributed by atoms with Crippen LogP contribution in [0, 0.1) is 0 Å². The second-order valence-corrected chi connectivity index (χ2v) is 6.64. The Hall–Kier alpha value is -3.47. The molecule has 0 aliphatic rings. The van der Waals surface area contributed by atoms with Crippen molar-refractivity contribution in [2.75, 3.05) is 6.54 Å². The molecule has 1 aromatic rings. The number of rotatable bonds is 12. The fourth-order valence-corrected chi connectivity index (χ4v) is 2.39. The van der Waals surface area contributed by atoms with Crippen molar-refractivity contribution in [3.8, 4) is 0 Å². The van der Waals surface area contributed by atoms with Crippen molar-refractivity contribution in [3.63, 3.8) is 0 Å². The van der Waals surface area contributed by atoms with Crippen LogP contribution in [-0.2, 0) is 30.4 Å². The summed E-state index contributed by atoms with van der Waals surface area (Å²) in [6.07, 6.45) is -0.270. The quantitative estimate of drug-likeness (QED) is 0.237. The van der Waals surface area contributed by atoms with Gasteiger partial charge in [-0.05, 0) is 18.9 Å². The maximum Gasteiger partial charge on any atom is 0.325 e. The maximum atomic E-state index is 12.4. The first-order valence-electron chi connectivity index (χ1n) is 9.21. The van der Waals surface area contributed by atoms with Gasteiger partial charge in [-0.25, -0.2) is 0 Å². The van der Waals surface area contributed by atoms with Crippen molar-refractivity contribution in [1.29, 1.82) is 0 Å². The third-order valence-electron chi connectivity index (χ3n) is 4.09. The molecule has 3 unspecified atom stereocenters. The molecule has 30 heavy (non-hydrogen) atoms. The van der Waals surface area contributed by atoms with Crippen LogP contribution in [0.2, 0.25) is 0 Å². The molecule has 1 rings (SSSR count). The summed E-state index contributed by atoms with van der Waals surface area (Å²) in [4.78, 5) is 58.0. The summed E-state index contributed by atoms with van der Waals surface area (Å²) in [6, 6.07) is 5.47. The van der Waals surface area contributed by atoms with Crippen molar-refractivity contribution < 1.29 is 34.2 Å². The highest BCUT2D eigenvalue weighted by atomic mass is 16.4. The van der Waals surface area contributed by atoms with Gasteiger partial charge in [0.05, 0.1) is 12.6 Å². The largest absolute Gasteiger partial charge is 0.481 e. The number of benzene rings is 1. The van der Waals surface area contributed by atoms with Gasteiger partial charge in [-0.15, -0.1) is 0 Å². The Morgan fingerprint density at radius 2 is 1.63 bits per heavy atom. The van der Waals surface area contributed by atoms with Gasteiger partial charge in [-0.1, -0.05) is 30.3 Å². The lowest BCUT2D eigenvalue weighted by molar-refractivity contribution is -0.141. The number of aliphatic carboxylic acids is 2. The van der Waals surface area contributed by atoms with Crippen LogP contribution in [0.3, 0.4) is 0 Å². The molecule has 164 valence electrons. The average molecular weight is 422 g/mol. The molecule has 0 saturated carbocycles. The van der Waals surface area contributed by atoms with Gasteiger partial charge in [0.25, 0.3) is 0 Å². The topological polar surface area (TPSA) is 188 Å². The zero-order valence-electron chi connectivity index (χ0n) is 16.5. The summed E-state index contributed by atoms with van der Waals surface area (Å²) < 4.78 is 0. The van der Waals surface area contributed by atoms with E-state index in [0.717, 1.165) is 5.56 Å². The van der Waals surface area contributed by atoms with E-state index >= 15 is 0 Å². The van der Waals surface area contributed by atoms with Crippen LogP contribution in [0.15, 0.2) is 30.3 Å². The normalized spacial score (nSPS) is 13.4. The molecule has 3 atom stereocenters. The molecule has 0 radical (unpaired) electrons. The van der Waals surface area contributed by atoms with Gasteiger partial charge < -0.3 is 31.9 Å². The molecule has 3 amide bonds. The van der Waals surface area contributed by atoms with E-state index in [1.807, 2.05) is 0 Å². The van der Waals surface area contributed by atoms with E-state index in [-0.39, 0.29) is 19.3 Å². The molecule has 0 aliphatic heterocycles. The third-order valence-corrected chi connectivity index (χ3v) is 4.09. The van der Waals surface area contributed by atoms with Crippen molar-refractivity contribution in [3.05, 3.63) is 35.9 Å². The minimum atomic E-state index is -1.23. The van der Waals surface area contributed by atoms with Crippen molar-refractivity contribution in [1.82, 2.24) is 16.0 Å². The molecule has 11 heteroatoms. The van der Waals surface area contributed by atoms with Gasteiger partial charge in [-0.3, -0.25) is 24.0 Å². The van der Waals surface area contributed by atoms with E-state index in [2.05, 4.69) is 16.0 Å². The standard InChI is InChI=1S/C19H26N4O7/c1-11(19(29)30)22-18(28)14(9-12-5-3-2-4-6-12)23-15(24)10-21-17(27)13(20)7-8-16(25)26/h2-6,11,13-14H,7-10,20H2,1H3,(H,21,27)(H,22,28)(H,23,24)(H,25,26)(H,29,30). The SMILES string of the molecule is CC(NC(=O)C(Cc1ccccc1)NC(=O)CNC(=O)C(N)CCC(=O)O)C(=O)O. The van der Waals surface area contributed by atoms with Gasteiger partial charge in [-0.2, -0.15) is 0 Å². The van der Waals surface area contributed by atoms with Crippen LogP contribution in [0.1, 0.15) is 25.3 Å². The van der Waals surface area contributed by atoms with Crippen LogP contribution in [0.25, 0.3) is 0 Å².